The molecule has 0 rings (SSSR count). The van der Waals surface area contributed by atoms with Crippen LogP contribution in [0.4, 0.5) is 0 Å². The summed E-state index contributed by atoms with van der Waals surface area (Å²) in [6.07, 6.45) is 0. The van der Waals surface area contributed by atoms with Gasteiger partial charge in [-0.15, -0.1) is 0 Å². The molecule has 1 atom stereocenters. The van der Waals surface area contributed by atoms with Crippen LogP contribution in [0.5, 0.6) is 0 Å². The highest BCUT2D eigenvalue weighted by molar-refractivity contribution is 7.80. The van der Waals surface area contributed by atoms with Gasteiger partial charge in [0, 0.05) is 18.5 Å². The molecule has 10 heavy (non-hydrogen) atoms. The largest absolute Gasteiger partial charge is 0.308 e. The van der Waals surface area contributed by atoms with E-state index in [1.54, 1.807) is 0 Å². The highest BCUT2D eigenvalue weighted by atomic mass is 32.1. The normalized spacial score (nSPS) is 14.7. The lowest BCUT2D eigenvalue weighted by atomic mass is 10.5. The average Bonchev–Trinajstić information content (AvgIpc) is 1.82. The van der Waals surface area contributed by atoms with Gasteiger partial charge in [-0.1, -0.05) is 0 Å². The van der Waals surface area contributed by atoms with Gasteiger partial charge in [0.15, 0.2) is 0 Å². The summed E-state index contributed by atoms with van der Waals surface area (Å²) in [5.41, 5.74) is 0. The Balaban J connectivity index is 3.30. The highest BCUT2D eigenvalue weighted by Crippen LogP contribution is 1.97. The third kappa shape index (κ3) is 5.09. The van der Waals surface area contributed by atoms with E-state index in [2.05, 4.69) is 50.5 Å². The maximum absolute atomic E-state index is 4.30. The summed E-state index contributed by atoms with van der Waals surface area (Å²) < 4.78 is 0. The molecule has 0 aromatic carbocycles. The fraction of sp³-hybridized carbons (Fsp3) is 1.00. The molecule has 0 aliphatic heterocycles. The van der Waals surface area contributed by atoms with E-state index in [0.717, 1.165) is 13.1 Å². The Bertz CT molecular complexity index is 83.7. The molecule has 3 heteroatoms. The van der Waals surface area contributed by atoms with Crippen LogP contribution in [0, 0.1) is 0 Å². The Morgan fingerprint density at radius 1 is 1.20 bits per heavy atom. The summed E-state index contributed by atoms with van der Waals surface area (Å²) in [5.74, 6) is 0. The van der Waals surface area contributed by atoms with Crippen molar-refractivity contribution in [2.75, 3.05) is 34.2 Å². The van der Waals surface area contributed by atoms with Crippen LogP contribution in [0.15, 0.2) is 0 Å². The van der Waals surface area contributed by atoms with E-state index in [0.29, 0.717) is 5.37 Å². The second-order valence-corrected chi connectivity index (χ2v) is 3.66. The van der Waals surface area contributed by atoms with Gasteiger partial charge in [0.05, 0.1) is 0 Å². The van der Waals surface area contributed by atoms with Gasteiger partial charge in [-0.2, -0.15) is 12.6 Å². The molecule has 0 saturated carbocycles. The van der Waals surface area contributed by atoms with Gasteiger partial charge >= 0.3 is 0 Å². The van der Waals surface area contributed by atoms with E-state index in [4.69, 9.17) is 0 Å². The lowest BCUT2D eigenvalue weighted by Crippen LogP contribution is -2.32. The molecule has 0 heterocycles. The monoisotopic (exact) mass is 162 g/mol. The van der Waals surface area contributed by atoms with Crippen LogP contribution in [-0.4, -0.2) is 49.4 Å². The van der Waals surface area contributed by atoms with Crippen molar-refractivity contribution in [1.29, 1.82) is 0 Å². The first-order chi connectivity index (χ1) is 4.54. The summed E-state index contributed by atoms with van der Waals surface area (Å²) in [4.78, 5) is 4.38. The van der Waals surface area contributed by atoms with Crippen molar-refractivity contribution < 1.29 is 0 Å². The molecule has 0 aromatic heterocycles. The van der Waals surface area contributed by atoms with Crippen LogP contribution in [0.2, 0.25) is 0 Å². The van der Waals surface area contributed by atoms with E-state index in [1.807, 2.05) is 0 Å². The predicted molar refractivity (Wildman–Crippen MR) is 49.6 cm³/mol. The molecule has 0 spiro atoms. The van der Waals surface area contributed by atoms with E-state index < -0.39 is 0 Å². The summed E-state index contributed by atoms with van der Waals surface area (Å²) in [6.45, 7) is 4.26. The Morgan fingerprint density at radius 2 is 1.70 bits per heavy atom. The predicted octanol–water partition coefficient (Wildman–Crippen LogP) is 0.756. The van der Waals surface area contributed by atoms with Gasteiger partial charge < -0.3 is 4.90 Å². The summed E-state index contributed by atoms with van der Waals surface area (Å²) >= 11 is 4.30. The quantitative estimate of drug-likeness (QED) is 0.481. The number of hydrogen-bond acceptors (Lipinski definition) is 3. The lowest BCUT2D eigenvalue weighted by molar-refractivity contribution is 0.278. The number of likely N-dealkylation sites (N-methyl/N-ethyl adjacent to an activating group) is 2. The molecule has 0 aliphatic rings. The first-order valence-corrected chi connectivity index (χ1v) is 4.08. The van der Waals surface area contributed by atoms with Gasteiger partial charge in [0.2, 0.25) is 0 Å². The zero-order valence-electron chi connectivity index (χ0n) is 7.33. The van der Waals surface area contributed by atoms with Crippen LogP contribution in [0.1, 0.15) is 6.92 Å². The molecule has 0 bridgehead atoms. The molecule has 0 N–H and O–H groups in total. The van der Waals surface area contributed by atoms with Crippen LogP contribution in [-0.2, 0) is 0 Å². The molecule has 0 fully saturated rings. The highest BCUT2D eigenvalue weighted by Gasteiger charge is 2.02. The lowest BCUT2D eigenvalue weighted by Gasteiger charge is -2.21. The summed E-state index contributed by atoms with van der Waals surface area (Å²) in [6, 6.07) is 0. The van der Waals surface area contributed by atoms with Crippen LogP contribution < -0.4 is 0 Å². The fourth-order valence-electron chi connectivity index (χ4n) is 0.545. The maximum Gasteiger partial charge on any atom is 0.0496 e. The van der Waals surface area contributed by atoms with E-state index in [9.17, 15) is 0 Å². The first kappa shape index (κ1) is 10.3. The SMILES string of the molecule is CC(S)N(C)CCN(C)C. The minimum Gasteiger partial charge on any atom is -0.308 e. The summed E-state index contributed by atoms with van der Waals surface area (Å²) in [5, 5.41) is 0.361. The molecule has 2 nitrogen and oxygen atoms in total. The van der Waals surface area contributed by atoms with Gasteiger partial charge in [-0.05, 0) is 28.1 Å². The summed E-state index contributed by atoms with van der Waals surface area (Å²) in [7, 11) is 6.25. The van der Waals surface area contributed by atoms with Crippen molar-refractivity contribution in [3.8, 4) is 0 Å². The molecular formula is C7H18N2S. The molecule has 1 unspecified atom stereocenters. The molecule has 0 radical (unpaired) electrons. The van der Waals surface area contributed by atoms with E-state index >= 15 is 0 Å². The van der Waals surface area contributed by atoms with Gasteiger partial charge in [-0.25, -0.2) is 0 Å². The van der Waals surface area contributed by atoms with Gasteiger partial charge in [0.1, 0.15) is 0 Å². The molecule has 0 amide bonds. The molecule has 62 valence electrons. The van der Waals surface area contributed by atoms with Crippen molar-refractivity contribution in [3.05, 3.63) is 0 Å². The van der Waals surface area contributed by atoms with Crippen LogP contribution >= 0.6 is 12.6 Å². The molecule has 0 aromatic rings. The van der Waals surface area contributed by atoms with Crippen molar-refractivity contribution in [2.45, 2.75) is 12.3 Å². The van der Waals surface area contributed by atoms with Crippen LogP contribution in [0.3, 0.4) is 0 Å². The molecule has 0 saturated heterocycles. The zero-order valence-corrected chi connectivity index (χ0v) is 8.23. The van der Waals surface area contributed by atoms with Crippen LogP contribution in [0.25, 0.3) is 0 Å². The number of hydrogen-bond donors (Lipinski definition) is 1. The maximum atomic E-state index is 4.30. The number of nitrogens with zero attached hydrogens (tertiary/aromatic N) is 2. The van der Waals surface area contributed by atoms with Crippen molar-refractivity contribution in [2.24, 2.45) is 0 Å². The number of rotatable bonds is 4. The molecular weight excluding hydrogens is 144 g/mol. The first-order valence-electron chi connectivity index (χ1n) is 3.57. The Hall–Kier alpha value is 0.270. The topological polar surface area (TPSA) is 6.48 Å². The third-order valence-corrected chi connectivity index (χ3v) is 1.93. The Kier molecular flexibility index (Phi) is 5.13. The zero-order chi connectivity index (χ0) is 8.15. The van der Waals surface area contributed by atoms with Gasteiger partial charge in [0.25, 0.3) is 0 Å². The van der Waals surface area contributed by atoms with E-state index in [1.165, 1.54) is 0 Å². The Labute approximate surface area is 69.6 Å². The smallest absolute Gasteiger partial charge is 0.0496 e. The third-order valence-electron chi connectivity index (χ3n) is 1.54. The van der Waals surface area contributed by atoms with Crippen molar-refractivity contribution in [3.63, 3.8) is 0 Å². The van der Waals surface area contributed by atoms with Crippen molar-refractivity contribution >= 4 is 12.6 Å². The minimum absolute atomic E-state index is 0.361. The Morgan fingerprint density at radius 3 is 2.00 bits per heavy atom. The average molecular weight is 162 g/mol. The second kappa shape index (κ2) is 4.99. The van der Waals surface area contributed by atoms with Gasteiger partial charge in [-0.3, -0.25) is 4.90 Å². The minimum atomic E-state index is 0.361. The van der Waals surface area contributed by atoms with E-state index in [-0.39, 0.29) is 0 Å². The standard InChI is InChI=1S/C7H18N2S/c1-7(10)9(4)6-5-8(2)3/h7,10H,5-6H2,1-4H3. The second-order valence-electron chi connectivity index (χ2n) is 2.92. The number of thiol groups is 1. The fourth-order valence-corrected chi connectivity index (χ4v) is 0.660. The molecule has 0 aliphatic carbocycles. The van der Waals surface area contributed by atoms with Crippen molar-refractivity contribution in [1.82, 2.24) is 9.80 Å².